The van der Waals surface area contributed by atoms with Crippen LogP contribution in [0.4, 0.5) is 4.39 Å². The van der Waals surface area contributed by atoms with Crippen LogP contribution in [0.25, 0.3) is 0 Å². The summed E-state index contributed by atoms with van der Waals surface area (Å²) in [6, 6.07) is 5.64. The molecule has 0 unspecified atom stereocenters. The van der Waals surface area contributed by atoms with Gasteiger partial charge in [0.2, 0.25) is 0 Å². The molecule has 3 nitrogen and oxygen atoms in total. The summed E-state index contributed by atoms with van der Waals surface area (Å²) >= 11 is 0. The van der Waals surface area contributed by atoms with Crippen molar-refractivity contribution < 1.29 is 9.60 Å². The van der Waals surface area contributed by atoms with Crippen molar-refractivity contribution >= 4 is 6.21 Å². The van der Waals surface area contributed by atoms with Crippen LogP contribution in [0.2, 0.25) is 0 Å². The van der Waals surface area contributed by atoms with Crippen molar-refractivity contribution in [3.8, 4) is 6.07 Å². The molecule has 0 aliphatic rings. The normalized spacial score (nSPS) is 10.0. The summed E-state index contributed by atoms with van der Waals surface area (Å²) in [6.07, 6.45) is 0.941. The topological polar surface area (TPSA) is 56.4 Å². The molecule has 4 heteroatoms. The van der Waals surface area contributed by atoms with Crippen molar-refractivity contribution in [2.24, 2.45) is 5.16 Å². The van der Waals surface area contributed by atoms with E-state index in [1.807, 2.05) is 6.07 Å². The number of hydrogen-bond donors (Lipinski definition) is 1. The van der Waals surface area contributed by atoms with Gasteiger partial charge in [-0.2, -0.15) is 5.26 Å². The number of nitriles is 1. The van der Waals surface area contributed by atoms with E-state index in [0.29, 0.717) is 5.56 Å². The Hall–Kier alpha value is -1.89. The quantitative estimate of drug-likeness (QED) is 0.388. The summed E-state index contributed by atoms with van der Waals surface area (Å²) in [5.41, 5.74) is 0.419. The molecule has 0 aromatic heterocycles. The third-order valence-electron chi connectivity index (χ3n) is 1.32. The molecule has 60 valence electrons. The van der Waals surface area contributed by atoms with Gasteiger partial charge in [-0.25, -0.2) is 4.39 Å². The first kappa shape index (κ1) is 8.21. The summed E-state index contributed by atoms with van der Waals surface area (Å²) in [7, 11) is 0. The van der Waals surface area contributed by atoms with Crippen molar-refractivity contribution in [1.29, 1.82) is 5.26 Å². The molecule has 0 atom stereocenters. The molecule has 0 aliphatic heterocycles. The van der Waals surface area contributed by atoms with Crippen molar-refractivity contribution in [2.75, 3.05) is 0 Å². The van der Waals surface area contributed by atoms with Crippen LogP contribution >= 0.6 is 0 Å². The Balaban J connectivity index is 3.19. The monoisotopic (exact) mass is 164 g/mol. The maximum atomic E-state index is 12.8. The minimum Gasteiger partial charge on any atom is -0.411 e. The average Bonchev–Trinajstić information content (AvgIpc) is 2.09. The summed E-state index contributed by atoms with van der Waals surface area (Å²) in [5, 5.41) is 19.2. The zero-order valence-corrected chi connectivity index (χ0v) is 6.03. The fourth-order valence-electron chi connectivity index (χ4n) is 0.774. The predicted molar refractivity (Wildman–Crippen MR) is 40.5 cm³/mol. The van der Waals surface area contributed by atoms with E-state index < -0.39 is 5.82 Å². The molecule has 0 saturated heterocycles. The van der Waals surface area contributed by atoms with Crippen LogP contribution < -0.4 is 0 Å². The molecule has 1 rings (SSSR count). The molecule has 1 aromatic carbocycles. The molecule has 1 N–H and O–H groups in total. The lowest BCUT2D eigenvalue weighted by molar-refractivity contribution is 0.321. The second kappa shape index (κ2) is 3.49. The zero-order valence-electron chi connectivity index (χ0n) is 6.03. The van der Waals surface area contributed by atoms with Crippen LogP contribution in [-0.2, 0) is 0 Å². The summed E-state index contributed by atoms with van der Waals surface area (Å²) in [4.78, 5) is 0. The Morgan fingerprint density at radius 3 is 2.92 bits per heavy atom. The highest BCUT2D eigenvalue weighted by Gasteiger charge is 2.00. The lowest BCUT2D eigenvalue weighted by atomic mass is 10.1. The maximum absolute atomic E-state index is 12.8. The number of oxime groups is 1. The van der Waals surface area contributed by atoms with Crippen LogP contribution in [-0.4, -0.2) is 11.4 Å². The number of hydrogen-bond acceptors (Lipinski definition) is 3. The highest BCUT2D eigenvalue weighted by molar-refractivity contribution is 5.80. The lowest BCUT2D eigenvalue weighted by Crippen LogP contribution is -1.89. The molecule has 1 aromatic rings. The Morgan fingerprint density at radius 2 is 2.33 bits per heavy atom. The van der Waals surface area contributed by atoms with Crippen molar-refractivity contribution in [3.63, 3.8) is 0 Å². The van der Waals surface area contributed by atoms with Gasteiger partial charge in [-0.05, 0) is 18.2 Å². The van der Waals surface area contributed by atoms with Gasteiger partial charge in [-0.1, -0.05) is 5.16 Å². The standard InChI is InChI=1S/C8H5FN2O/c9-8-2-1-6(4-10)3-7(8)5-11-12/h1-3,5,12H/b11-5+. The number of nitrogens with zero attached hydrogens (tertiary/aromatic N) is 2. The molecule has 0 heterocycles. The van der Waals surface area contributed by atoms with Gasteiger partial charge in [0, 0.05) is 5.56 Å². The van der Waals surface area contributed by atoms with E-state index in [9.17, 15) is 4.39 Å². The molecule has 0 saturated carbocycles. The average molecular weight is 164 g/mol. The summed E-state index contributed by atoms with van der Waals surface area (Å²) < 4.78 is 12.8. The van der Waals surface area contributed by atoms with Crippen LogP contribution in [0, 0.1) is 17.1 Å². The Kier molecular flexibility index (Phi) is 2.38. The Labute approximate surface area is 68.4 Å². The van der Waals surface area contributed by atoms with Crippen LogP contribution in [0.15, 0.2) is 23.4 Å². The van der Waals surface area contributed by atoms with Gasteiger partial charge in [-0.3, -0.25) is 0 Å². The predicted octanol–water partition coefficient (Wildman–Crippen LogP) is 1.51. The SMILES string of the molecule is N#Cc1ccc(F)c(/C=N/O)c1. The molecule has 0 aliphatic carbocycles. The molecular weight excluding hydrogens is 159 g/mol. The number of benzene rings is 1. The molecule has 0 bridgehead atoms. The van der Waals surface area contributed by atoms with Gasteiger partial charge in [-0.15, -0.1) is 0 Å². The van der Waals surface area contributed by atoms with Gasteiger partial charge in [0.05, 0.1) is 17.8 Å². The van der Waals surface area contributed by atoms with Crippen LogP contribution in [0.5, 0.6) is 0 Å². The van der Waals surface area contributed by atoms with Crippen LogP contribution in [0.3, 0.4) is 0 Å². The second-order valence-electron chi connectivity index (χ2n) is 2.09. The van der Waals surface area contributed by atoms with E-state index in [1.54, 1.807) is 0 Å². The Bertz CT molecular complexity index is 355. The molecule has 0 radical (unpaired) electrons. The smallest absolute Gasteiger partial charge is 0.132 e. The largest absolute Gasteiger partial charge is 0.411 e. The van der Waals surface area contributed by atoms with Crippen molar-refractivity contribution in [1.82, 2.24) is 0 Å². The Morgan fingerprint density at radius 1 is 1.58 bits per heavy atom. The second-order valence-corrected chi connectivity index (χ2v) is 2.09. The van der Waals surface area contributed by atoms with Gasteiger partial charge >= 0.3 is 0 Å². The maximum Gasteiger partial charge on any atom is 0.132 e. The third kappa shape index (κ3) is 1.58. The summed E-state index contributed by atoms with van der Waals surface area (Å²) in [5.74, 6) is -0.521. The van der Waals surface area contributed by atoms with E-state index in [1.165, 1.54) is 12.1 Å². The van der Waals surface area contributed by atoms with Gasteiger partial charge < -0.3 is 5.21 Å². The van der Waals surface area contributed by atoms with Gasteiger partial charge in [0.25, 0.3) is 0 Å². The molecule has 0 fully saturated rings. The van der Waals surface area contributed by atoms with E-state index in [2.05, 4.69) is 5.16 Å². The first-order valence-electron chi connectivity index (χ1n) is 3.15. The molecule has 12 heavy (non-hydrogen) atoms. The first-order chi connectivity index (χ1) is 5.77. The summed E-state index contributed by atoms with van der Waals surface area (Å²) in [6.45, 7) is 0. The highest BCUT2D eigenvalue weighted by atomic mass is 19.1. The van der Waals surface area contributed by atoms with E-state index in [0.717, 1.165) is 12.3 Å². The first-order valence-corrected chi connectivity index (χ1v) is 3.15. The lowest BCUT2D eigenvalue weighted by Gasteiger charge is -1.94. The molecule has 0 amide bonds. The fraction of sp³-hybridized carbons (Fsp3) is 0. The number of halogens is 1. The van der Waals surface area contributed by atoms with Gasteiger partial charge in [0.1, 0.15) is 5.82 Å². The van der Waals surface area contributed by atoms with Gasteiger partial charge in [0.15, 0.2) is 0 Å². The molecular formula is C8H5FN2O. The third-order valence-corrected chi connectivity index (χ3v) is 1.32. The molecule has 0 spiro atoms. The van der Waals surface area contributed by atoms with E-state index in [4.69, 9.17) is 10.5 Å². The highest BCUT2D eigenvalue weighted by Crippen LogP contribution is 2.07. The number of rotatable bonds is 1. The minimum absolute atomic E-state index is 0.0940. The van der Waals surface area contributed by atoms with E-state index >= 15 is 0 Å². The van der Waals surface area contributed by atoms with E-state index in [-0.39, 0.29) is 5.56 Å². The minimum atomic E-state index is -0.521. The van der Waals surface area contributed by atoms with Crippen molar-refractivity contribution in [2.45, 2.75) is 0 Å². The van der Waals surface area contributed by atoms with Crippen molar-refractivity contribution in [3.05, 3.63) is 35.1 Å². The zero-order chi connectivity index (χ0) is 8.97. The van der Waals surface area contributed by atoms with Crippen LogP contribution in [0.1, 0.15) is 11.1 Å². The fourth-order valence-corrected chi connectivity index (χ4v) is 0.774.